The quantitative estimate of drug-likeness (QED) is 0.0799. The third-order valence-electron chi connectivity index (χ3n) is 18.1. The highest BCUT2D eigenvalue weighted by molar-refractivity contribution is 5.99. The summed E-state index contributed by atoms with van der Waals surface area (Å²) in [6, 6.07) is 28.3. The van der Waals surface area contributed by atoms with Crippen LogP contribution in [0.25, 0.3) is 55.4 Å². The Hall–Kier alpha value is -8.05. The molecular weight excluding hydrogens is 1100 g/mol. The predicted octanol–water partition coefficient (Wildman–Crippen LogP) is 11.3. The van der Waals surface area contributed by atoms with Crippen LogP contribution in [-0.4, -0.2) is 145 Å². The van der Waals surface area contributed by atoms with E-state index in [-0.39, 0.29) is 36.0 Å². The molecule has 450 valence electrons. The maximum atomic E-state index is 15.6. The van der Waals surface area contributed by atoms with Gasteiger partial charge in [-0.1, -0.05) is 54.6 Å². The fraction of sp³-hybridized carbons (Fsp3) is 0.406. The Morgan fingerprint density at radius 3 is 1.44 bits per heavy atom. The van der Waals surface area contributed by atoms with Gasteiger partial charge in [0.2, 0.25) is 0 Å². The lowest BCUT2D eigenvalue weighted by Gasteiger charge is -2.41. The number of benzene rings is 5. The number of anilines is 4. The van der Waals surface area contributed by atoms with Crippen molar-refractivity contribution in [2.24, 2.45) is 0 Å². The van der Waals surface area contributed by atoms with Gasteiger partial charge in [-0.05, 0) is 124 Å². The van der Waals surface area contributed by atoms with Crippen LogP contribution in [0.1, 0.15) is 80.1 Å². The molecule has 2 aliphatic carbocycles. The summed E-state index contributed by atoms with van der Waals surface area (Å²) in [4.78, 5) is 27.6. The van der Waals surface area contributed by atoms with Gasteiger partial charge in [0.25, 0.3) is 0 Å². The summed E-state index contributed by atoms with van der Waals surface area (Å²) < 4.78 is 78.8. The number of nitrogen functional groups attached to an aromatic ring is 2. The minimum atomic E-state index is -4.40. The third-order valence-corrected chi connectivity index (χ3v) is 18.1. The normalized spacial score (nSPS) is 20.3. The molecule has 6 heterocycles. The van der Waals surface area contributed by atoms with E-state index in [1.165, 1.54) is 36.9 Å². The van der Waals surface area contributed by atoms with Crippen molar-refractivity contribution in [3.05, 3.63) is 138 Å². The standard InChI is InChI=1S/C34H39FN8O.C30H34F4N8/c1-41-15-17-42(18-16-41)24-9-11-25(12-10-24)43-34-31(33(36)38-21-39-34)32(40-43)22-7-13-29(28(35)19-22)37-20-23-8-14-30(44-2)27-6-4-3-5-26(23)27;1-40-12-14-41(15-13-40)22-7-9-23(10-8-22)42-29-26(28(35)37-18-38-29)27(39-42)20-4-11-25(24(31)16-20)36-17-19-2-5-21(6-3-19)30(32,33)34/h3-8,13-14,19,21,24-25,37H,9-12,15-18,20H2,1-2H3,(H2,36,38,39);2-6,11,16,18,22-23,36H,7-10,12-15,17H2,1H3,(H2,35,37,38). The summed E-state index contributed by atoms with van der Waals surface area (Å²) >= 11 is 0. The van der Waals surface area contributed by atoms with Crippen molar-refractivity contribution in [2.45, 2.75) is 94.8 Å². The lowest BCUT2D eigenvalue weighted by molar-refractivity contribution is -0.137. The molecule has 17 nitrogen and oxygen atoms in total. The first kappa shape index (κ1) is 58.3. The molecule has 22 heteroatoms. The van der Waals surface area contributed by atoms with Gasteiger partial charge in [0.05, 0.1) is 46.9 Å². The molecule has 4 aliphatic rings. The largest absolute Gasteiger partial charge is 0.496 e. The minimum Gasteiger partial charge on any atom is -0.496 e. The van der Waals surface area contributed by atoms with Crippen LogP contribution in [0.4, 0.5) is 45.0 Å². The van der Waals surface area contributed by atoms with Gasteiger partial charge in [-0.25, -0.2) is 38.1 Å². The van der Waals surface area contributed by atoms with Crippen LogP contribution >= 0.6 is 0 Å². The Balaban J connectivity index is 0.000000169. The van der Waals surface area contributed by atoms with E-state index >= 15 is 8.78 Å². The molecule has 0 bridgehead atoms. The number of methoxy groups -OCH3 is 1. The van der Waals surface area contributed by atoms with Crippen LogP contribution in [-0.2, 0) is 19.3 Å². The smallest absolute Gasteiger partial charge is 0.416 e. The average molecular weight is 1180 g/mol. The van der Waals surface area contributed by atoms with Crippen LogP contribution in [0.5, 0.6) is 5.75 Å². The number of nitrogens with one attached hydrogen (secondary N) is 2. The molecule has 2 aliphatic heterocycles. The summed E-state index contributed by atoms with van der Waals surface area (Å²) in [6.45, 7) is 9.58. The van der Waals surface area contributed by atoms with Crippen molar-refractivity contribution in [3.8, 4) is 28.3 Å². The molecule has 2 saturated carbocycles. The number of nitrogens with two attached hydrogens (primary N) is 2. The van der Waals surface area contributed by atoms with Crippen LogP contribution < -0.4 is 26.8 Å². The van der Waals surface area contributed by atoms with Gasteiger partial charge in [-0.15, -0.1) is 0 Å². The van der Waals surface area contributed by atoms with Crippen molar-refractivity contribution in [2.75, 3.05) is 95.7 Å². The number of alkyl halides is 3. The van der Waals surface area contributed by atoms with Crippen molar-refractivity contribution in [3.63, 3.8) is 0 Å². The molecule has 0 spiro atoms. The Labute approximate surface area is 496 Å². The lowest BCUT2D eigenvalue weighted by Crippen LogP contribution is -2.49. The van der Waals surface area contributed by atoms with Crippen molar-refractivity contribution >= 4 is 55.8 Å². The Bertz CT molecular complexity index is 3820. The molecule has 0 unspecified atom stereocenters. The van der Waals surface area contributed by atoms with E-state index in [0.717, 1.165) is 138 Å². The number of hydrogen-bond acceptors (Lipinski definition) is 15. The van der Waals surface area contributed by atoms with E-state index in [4.69, 9.17) is 26.4 Å². The first-order chi connectivity index (χ1) is 41.7. The molecule has 0 radical (unpaired) electrons. The maximum Gasteiger partial charge on any atom is 0.416 e. The highest BCUT2D eigenvalue weighted by Gasteiger charge is 2.34. The molecule has 4 fully saturated rings. The summed E-state index contributed by atoms with van der Waals surface area (Å²) in [6.07, 6.45) is 6.94. The Morgan fingerprint density at radius 1 is 0.535 bits per heavy atom. The number of hydrogen-bond donors (Lipinski definition) is 4. The average Bonchev–Trinajstić information content (AvgIpc) is 1.83. The van der Waals surface area contributed by atoms with Gasteiger partial charge >= 0.3 is 6.18 Å². The van der Waals surface area contributed by atoms with Crippen LogP contribution in [0.3, 0.4) is 0 Å². The number of piperazine rings is 2. The topological polar surface area (TPSA) is 185 Å². The zero-order chi connectivity index (χ0) is 59.6. The SMILES string of the molecule is CN1CCN(C2CCC(n3nc(-c4ccc(NCc5ccc(C(F)(F)F)cc5)c(F)c4)c4c(N)ncnc43)CC2)CC1.COc1ccc(CNc2ccc(-c3nn(C4CCC(N5CCN(C)CC5)CC4)c4ncnc(N)c34)cc2F)c2ccccc12. The summed E-state index contributed by atoms with van der Waals surface area (Å²) in [7, 11) is 6.03. The van der Waals surface area contributed by atoms with Crippen LogP contribution in [0.2, 0.25) is 0 Å². The van der Waals surface area contributed by atoms with Gasteiger partial charge in [0.1, 0.15) is 53.1 Å². The molecule has 0 amide bonds. The summed E-state index contributed by atoms with van der Waals surface area (Å²) in [5.41, 5.74) is 18.0. The van der Waals surface area contributed by atoms with E-state index in [2.05, 4.69) is 70.3 Å². The number of likely N-dealkylation sites (N-methyl/N-ethyl adjacent to an activating group) is 2. The van der Waals surface area contributed by atoms with Crippen molar-refractivity contribution in [1.29, 1.82) is 0 Å². The molecular formula is C64H73F5N16O. The molecule has 5 aromatic carbocycles. The summed E-state index contributed by atoms with van der Waals surface area (Å²) in [5.74, 6) is 0.600. The molecule has 6 N–H and O–H groups in total. The van der Waals surface area contributed by atoms with Gasteiger partial charge in [0.15, 0.2) is 11.3 Å². The van der Waals surface area contributed by atoms with Gasteiger partial charge in [-0.2, -0.15) is 23.4 Å². The van der Waals surface area contributed by atoms with Gasteiger partial charge < -0.3 is 36.6 Å². The highest BCUT2D eigenvalue weighted by atomic mass is 19.4. The van der Waals surface area contributed by atoms with E-state index in [1.54, 1.807) is 25.3 Å². The zero-order valence-electron chi connectivity index (χ0n) is 48.7. The summed E-state index contributed by atoms with van der Waals surface area (Å²) in [5, 5.41) is 19.6. The van der Waals surface area contributed by atoms with Gasteiger partial charge in [0, 0.05) is 94.0 Å². The Kier molecular flexibility index (Phi) is 17.0. The fourth-order valence-electron chi connectivity index (χ4n) is 13.1. The van der Waals surface area contributed by atoms with E-state index < -0.39 is 17.6 Å². The first-order valence-electron chi connectivity index (χ1n) is 29.8. The number of halogens is 5. The number of fused-ring (bicyclic) bond motifs is 3. The molecule has 4 aromatic heterocycles. The number of aromatic nitrogens is 8. The highest BCUT2D eigenvalue weighted by Crippen LogP contribution is 2.41. The molecule has 0 atom stereocenters. The maximum absolute atomic E-state index is 15.6. The second kappa shape index (κ2) is 25.1. The van der Waals surface area contributed by atoms with E-state index in [1.807, 2.05) is 45.8 Å². The molecule has 13 rings (SSSR count). The fourth-order valence-corrected chi connectivity index (χ4v) is 13.1. The second-order valence-corrected chi connectivity index (χ2v) is 23.4. The van der Waals surface area contributed by atoms with E-state index in [0.29, 0.717) is 80.3 Å². The van der Waals surface area contributed by atoms with E-state index in [9.17, 15) is 13.2 Å². The predicted molar refractivity (Wildman–Crippen MR) is 328 cm³/mol. The van der Waals surface area contributed by atoms with Crippen LogP contribution in [0, 0.1) is 11.6 Å². The lowest BCUT2D eigenvalue weighted by atomic mass is 9.90. The number of ether oxygens (including phenoxy) is 1. The number of nitrogens with zero attached hydrogens (tertiary/aromatic N) is 12. The van der Waals surface area contributed by atoms with Crippen molar-refractivity contribution < 1.29 is 26.7 Å². The third kappa shape index (κ3) is 12.3. The molecule has 9 aromatic rings. The zero-order valence-corrected chi connectivity index (χ0v) is 48.7. The Morgan fingerprint density at radius 2 is 0.988 bits per heavy atom. The second-order valence-electron chi connectivity index (χ2n) is 23.4. The minimum absolute atomic E-state index is 0.161. The molecule has 86 heavy (non-hydrogen) atoms. The molecule has 2 saturated heterocycles. The van der Waals surface area contributed by atoms with Crippen molar-refractivity contribution in [1.82, 2.24) is 59.1 Å². The van der Waals surface area contributed by atoms with Gasteiger partial charge in [-0.3, -0.25) is 9.80 Å². The van der Waals surface area contributed by atoms with Crippen LogP contribution in [0.15, 0.2) is 110 Å². The number of rotatable bonds is 13. The monoisotopic (exact) mass is 1180 g/mol. The first-order valence-corrected chi connectivity index (χ1v) is 29.8.